The molecule has 3 aromatic rings. The summed E-state index contributed by atoms with van der Waals surface area (Å²) in [5.74, 6) is 0.0481. The Morgan fingerprint density at radius 3 is 2.73 bits per heavy atom. The van der Waals surface area contributed by atoms with Crippen molar-refractivity contribution in [2.45, 2.75) is 45.7 Å². The van der Waals surface area contributed by atoms with Gasteiger partial charge in [-0.25, -0.2) is 0 Å². The Balaban J connectivity index is 1.55. The lowest BCUT2D eigenvalue weighted by atomic mass is 9.66. The molecule has 6 heteroatoms. The van der Waals surface area contributed by atoms with Gasteiger partial charge in [-0.3, -0.25) is 14.5 Å². The van der Waals surface area contributed by atoms with Crippen LogP contribution in [0.25, 0.3) is 10.9 Å². The number of amides is 1. The van der Waals surface area contributed by atoms with Crippen molar-refractivity contribution in [1.82, 2.24) is 19.7 Å². The van der Waals surface area contributed by atoms with Crippen molar-refractivity contribution in [1.29, 1.82) is 0 Å². The normalized spacial score (nSPS) is 15.4. The van der Waals surface area contributed by atoms with Crippen LogP contribution >= 0.6 is 0 Å². The second-order valence-corrected chi connectivity index (χ2v) is 7.91. The zero-order chi connectivity index (χ0) is 18.5. The monoisotopic (exact) mass is 345 g/mol. The number of pyridine rings is 1. The van der Waals surface area contributed by atoms with Gasteiger partial charge >= 0.3 is 0 Å². The minimum Gasteiger partial charge on any atom is -0.339 e. The number of fused-ring (bicyclic) bond motifs is 2. The number of hydrogen-bond acceptors (Lipinski definition) is 3. The molecule has 0 saturated heterocycles. The Hall–Kier alpha value is -2.63. The van der Waals surface area contributed by atoms with Gasteiger partial charge < -0.3 is 4.90 Å². The Bertz CT molecular complexity index is 989. The van der Waals surface area contributed by atoms with E-state index in [9.17, 15) is 4.79 Å². The maximum absolute atomic E-state index is 12.6. The zero-order valence-corrected chi connectivity index (χ0v) is 15.6. The van der Waals surface area contributed by atoms with Gasteiger partial charge in [0.15, 0.2) is 0 Å². The van der Waals surface area contributed by atoms with Crippen molar-refractivity contribution in [3.63, 3.8) is 0 Å². The molecule has 2 aromatic heterocycles. The highest BCUT2D eigenvalue weighted by atomic mass is 16.2. The second-order valence-electron chi connectivity index (χ2n) is 7.91. The van der Waals surface area contributed by atoms with Crippen LogP contribution in [-0.4, -0.2) is 38.8 Å². The fourth-order valence-corrected chi connectivity index (χ4v) is 3.31. The quantitative estimate of drug-likeness (QED) is 0.686. The average molecular weight is 345 g/mol. The smallest absolute Gasteiger partial charge is 0.254 e. The summed E-state index contributed by atoms with van der Waals surface area (Å²) in [7, 11) is 2.03. The van der Waals surface area contributed by atoms with Crippen molar-refractivity contribution >= 4 is 29.7 Å². The van der Waals surface area contributed by atoms with Crippen molar-refractivity contribution in [2.24, 2.45) is 0 Å². The van der Waals surface area contributed by atoms with Crippen LogP contribution in [0.15, 0.2) is 42.7 Å². The molecule has 1 aliphatic heterocycles. The van der Waals surface area contributed by atoms with Crippen LogP contribution in [-0.2, 0) is 12.1 Å². The van der Waals surface area contributed by atoms with Gasteiger partial charge in [-0.05, 0) is 38.5 Å². The van der Waals surface area contributed by atoms with Gasteiger partial charge in [0.25, 0.3) is 5.91 Å². The van der Waals surface area contributed by atoms with Gasteiger partial charge in [0.2, 0.25) is 7.28 Å². The number of carbonyl (C=O) groups excluding carboxylic acids is 1. The molecule has 1 aliphatic rings. The summed E-state index contributed by atoms with van der Waals surface area (Å²) < 4.78 is 1.97. The predicted molar refractivity (Wildman–Crippen MR) is 104 cm³/mol. The van der Waals surface area contributed by atoms with Crippen LogP contribution in [0.2, 0.25) is 0 Å². The van der Waals surface area contributed by atoms with E-state index in [1.54, 1.807) is 0 Å². The highest BCUT2D eigenvalue weighted by molar-refractivity contribution is 6.54. The van der Waals surface area contributed by atoms with Crippen LogP contribution < -0.4 is 5.59 Å². The number of nitrogens with zero attached hydrogens (tertiary/aromatic N) is 4. The minimum absolute atomic E-state index is 0.0375. The van der Waals surface area contributed by atoms with Gasteiger partial charge in [0.05, 0.1) is 11.1 Å². The second kappa shape index (κ2) is 5.97. The number of benzene rings is 1. The van der Waals surface area contributed by atoms with E-state index in [-0.39, 0.29) is 17.4 Å². The van der Waals surface area contributed by atoms with Crippen LogP contribution in [0.1, 0.15) is 43.6 Å². The first-order valence-corrected chi connectivity index (χ1v) is 8.92. The van der Waals surface area contributed by atoms with Crippen LogP contribution in [0.5, 0.6) is 0 Å². The number of carbonyl (C=O) groups is 1. The third-order valence-electron chi connectivity index (χ3n) is 4.85. The molecule has 131 valence electrons. The Morgan fingerprint density at radius 1 is 1.23 bits per heavy atom. The summed E-state index contributed by atoms with van der Waals surface area (Å²) >= 11 is 0. The maximum Gasteiger partial charge on any atom is 0.254 e. The molecular weight excluding hydrogens is 323 g/mol. The van der Waals surface area contributed by atoms with E-state index in [0.717, 1.165) is 27.6 Å². The van der Waals surface area contributed by atoms with E-state index in [1.807, 2.05) is 66.5 Å². The topological polar surface area (TPSA) is 51.0 Å². The molecule has 1 atom stereocenters. The van der Waals surface area contributed by atoms with Gasteiger partial charge in [-0.1, -0.05) is 25.1 Å². The fraction of sp³-hybridized carbons (Fsp3) is 0.350. The third kappa shape index (κ3) is 2.89. The SMILES string of the molecule is CC([B]c1cc2nn(C(C)(C)C)cc2cn1)N1Cc2ccccc2C1=O. The molecule has 0 bridgehead atoms. The molecule has 4 rings (SSSR count). The molecule has 1 unspecified atom stereocenters. The van der Waals surface area contributed by atoms with Crippen LogP contribution in [0.4, 0.5) is 0 Å². The largest absolute Gasteiger partial charge is 0.339 e. The average Bonchev–Trinajstić information content (AvgIpc) is 3.16. The lowest BCUT2D eigenvalue weighted by Crippen LogP contribution is -2.42. The van der Waals surface area contributed by atoms with E-state index in [1.165, 1.54) is 0 Å². The third-order valence-corrected chi connectivity index (χ3v) is 4.85. The minimum atomic E-state index is -0.0655. The molecule has 1 amide bonds. The summed E-state index contributed by atoms with van der Waals surface area (Å²) in [6, 6.07) is 9.79. The van der Waals surface area contributed by atoms with Gasteiger partial charge in [0, 0.05) is 41.4 Å². The number of hydrogen-bond donors (Lipinski definition) is 0. The maximum atomic E-state index is 12.6. The van der Waals surface area contributed by atoms with Crippen molar-refractivity contribution < 1.29 is 4.79 Å². The first kappa shape index (κ1) is 16.8. The van der Waals surface area contributed by atoms with Crippen molar-refractivity contribution in [3.05, 3.63) is 53.9 Å². The van der Waals surface area contributed by atoms with Crippen molar-refractivity contribution in [2.75, 3.05) is 0 Å². The zero-order valence-electron chi connectivity index (χ0n) is 15.6. The van der Waals surface area contributed by atoms with Crippen molar-refractivity contribution in [3.8, 4) is 0 Å². The number of aromatic nitrogens is 3. The molecular formula is C20H22BN4O. The fourth-order valence-electron chi connectivity index (χ4n) is 3.31. The molecule has 1 radical (unpaired) electrons. The standard InChI is InChI=1S/C20H22BN4O/c1-13(24-11-14-7-5-6-8-16(14)19(24)26)21-18-9-17-15(10-22-18)12-25(23-17)20(2,3)4/h5-10,12-13H,11H2,1-4H3. The van der Waals surface area contributed by atoms with Gasteiger partial charge in [-0.2, -0.15) is 5.10 Å². The van der Waals surface area contributed by atoms with Gasteiger partial charge in [-0.15, -0.1) is 0 Å². The number of rotatable bonds is 3. The highest BCUT2D eigenvalue weighted by Gasteiger charge is 2.30. The van der Waals surface area contributed by atoms with Gasteiger partial charge in [0.1, 0.15) is 0 Å². The summed E-state index contributed by atoms with van der Waals surface area (Å²) in [5, 5.41) is 5.70. The van der Waals surface area contributed by atoms with Crippen LogP contribution in [0, 0.1) is 0 Å². The Morgan fingerprint density at radius 2 is 2.00 bits per heavy atom. The summed E-state index contributed by atoms with van der Waals surface area (Å²) in [6.07, 6.45) is 3.87. The predicted octanol–water partition coefficient (Wildman–Crippen LogP) is 2.52. The van der Waals surface area contributed by atoms with E-state index in [4.69, 9.17) is 0 Å². The van der Waals surface area contributed by atoms with E-state index in [2.05, 4.69) is 30.9 Å². The molecule has 5 nitrogen and oxygen atoms in total. The lowest BCUT2D eigenvalue weighted by molar-refractivity contribution is 0.0765. The summed E-state index contributed by atoms with van der Waals surface area (Å²) in [5.41, 5.74) is 3.59. The molecule has 0 spiro atoms. The molecule has 26 heavy (non-hydrogen) atoms. The first-order chi connectivity index (χ1) is 12.3. The molecule has 0 fully saturated rings. The van der Waals surface area contributed by atoms with E-state index in [0.29, 0.717) is 6.54 Å². The molecule has 1 aromatic carbocycles. The Labute approximate surface area is 154 Å². The molecule has 3 heterocycles. The van der Waals surface area contributed by atoms with E-state index >= 15 is 0 Å². The van der Waals surface area contributed by atoms with E-state index < -0.39 is 0 Å². The molecule has 0 N–H and O–H groups in total. The highest BCUT2D eigenvalue weighted by Crippen LogP contribution is 2.24. The Kier molecular flexibility index (Phi) is 3.86. The summed E-state index contributed by atoms with van der Waals surface area (Å²) in [4.78, 5) is 19.0. The molecule has 0 saturated carbocycles. The molecule has 0 aliphatic carbocycles. The van der Waals surface area contributed by atoms with Crippen LogP contribution in [0.3, 0.4) is 0 Å². The summed E-state index contributed by atoms with van der Waals surface area (Å²) in [6.45, 7) is 9.05. The lowest BCUT2D eigenvalue weighted by Gasteiger charge is -2.23. The first-order valence-electron chi connectivity index (χ1n) is 8.92.